The van der Waals surface area contributed by atoms with Gasteiger partial charge in [0.05, 0.1) is 0 Å². The number of rotatable bonds is 4. The fourth-order valence-electron chi connectivity index (χ4n) is 2.16. The molecule has 1 rings (SSSR count). The van der Waals surface area contributed by atoms with Crippen LogP contribution in [0.15, 0.2) is 0 Å². The van der Waals surface area contributed by atoms with Crippen LogP contribution in [0, 0.1) is 5.41 Å². The van der Waals surface area contributed by atoms with Crippen molar-refractivity contribution in [3.63, 3.8) is 0 Å². The molecule has 1 saturated heterocycles. The first-order valence-corrected chi connectivity index (χ1v) is 7.01. The number of likely N-dealkylation sites (tertiary alicyclic amines) is 1. The molecule has 1 aliphatic heterocycles. The maximum Gasteiger partial charge on any atom is 0.222 e. The molecule has 0 atom stereocenters. The zero-order valence-corrected chi connectivity index (χ0v) is 11.5. The first-order chi connectivity index (χ1) is 7.05. The molecule has 0 aromatic carbocycles. The fraction of sp³-hybridized carbons (Fsp3) is 0.917. The number of alkyl halides is 1. The van der Waals surface area contributed by atoms with Crippen LogP contribution in [0.2, 0.25) is 0 Å². The number of carbonyl (C=O) groups is 1. The number of carbonyl (C=O) groups excluding carboxylic acids is 1. The summed E-state index contributed by atoms with van der Waals surface area (Å²) >= 11 is 3.39. The molecule has 0 unspecified atom stereocenters. The molecule has 0 aliphatic carbocycles. The second-order valence-electron chi connectivity index (χ2n) is 5.23. The molecule has 0 radical (unpaired) electrons. The topological polar surface area (TPSA) is 20.3 Å². The number of piperidine rings is 1. The minimum Gasteiger partial charge on any atom is -0.342 e. The van der Waals surface area contributed by atoms with Crippen LogP contribution in [-0.4, -0.2) is 29.2 Å². The van der Waals surface area contributed by atoms with Gasteiger partial charge in [0.2, 0.25) is 5.91 Å². The van der Waals surface area contributed by atoms with Gasteiger partial charge >= 0.3 is 0 Å². The lowest BCUT2D eigenvalue weighted by atomic mass is 9.84. The third-order valence-corrected chi connectivity index (χ3v) is 3.59. The lowest BCUT2D eigenvalue weighted by molar-refractivity contribution is -0.134. The van der Waals surface area contributed by atoms with Gasteiger partial charge in [-0.2, -0.15) is 0 Å². The summed E-state index contributed by atoms with van der Waals surface area (Å²) in [4.78, 5) is 13.9. The van der Waals surface area contributed by atoms with Crippen LogP contribution in [-0.2, 0) is 4.79 Å². The Hall–Kier alpha value is -0.0500. The van der Waals surface area contributed by atoms with Crippen LogP contribution < -0.4 is 0 Å². The number of unbranched alkanes of at least 4 members (excludes halogenated alkanes) is 1. The van der Waals surface area contributed by atoms with Crippen LogP contribution in [0.1, 0.15) is 46.0 Å². The largest absolute Gasteiger partial charge is 0.342 e. The lowest BCUT2D eigenvalue weighted by Crippen LogP contribution is -2.43. The summed E-state index contributed by atoms with van der Waals surface area (Å²) in [6.45, 7) is 6.42. The third kappa shape index (κ3) is 4.54. The highest BCUT2D eigenvalue weighted by molar-refractivity contribution is 9.09. The molecule has 15 heavy (non-hydrogen) atoms. The molecule has 0 aromatic rings. The molecule has 2 nitrogen and oxygen atoms in total. The normalized spacial score (nSPS) is 20.3. The van der Waals surface area contributed by atoms with Crippen molar-refractivity contribution in [3.8, 4) is 0 Å². The first-order valence-electron chi connectivity index (χ1n) is 5.89. The molecular weight excluding hydrogens is 254 g/mol. The van der Waals surface area contributed by atoms with E-state index in [-0.39, 0.29) is 0 Å². The Labute approximate surface area is 102 Å². The molecule has 1 amide bonds. The number of hydrogen-bond acceptors (Lipinski definition) is 1. The summed E-state index contributed by atoms with van der Waals surface area (Å²) in [5.74, 6) is 0.351. The van der Waals surface area contributed by atoms with Gasteiger partial charge in [-0.15, -0.1) is 0 Å². The molecule has 1 aliphatic rings. The molecule has 0 aromatic heterocycles. The minimum absolute atomic E-state index is 0.323. The van der Waals surface area contributed by atoms with Crippen molar-refractivity contribution in [3.05, 3.63) is 0 Å². The van der Waals surface area contributed by atoms with E-state index in [1.165, 1.54) is 6.42 Å². The second kappa shape index (κ2) is 5.88. The van der Waals surface area contributed by atoms with E-state index in [2.05, 4.69) is 34.7 Å². The summed E-state index contributed by atoms with van der Waals surface area (Å²) in [5.41, 5.74) is 0.323. The van der Waals surface area contributed by atoms with Crippen LogP contribution >= 0.6 is 15.9 Å². The molecule has 88 valence electrons. The molecule has 1 heterocycles. The van der Waals surface area contributed by atoms with Gasteiger partial charge in [-0.25, -0.2) is 0 Å². The lowest BCUT2D eigenvalue weighted by Gasteiger charge is -2.38. The van der Waals surface area contributed by atoms with Gasteiger partial charge in [-0.3, -0.25) is 4.79 Å². The zero-order valence-electron chi connectivity index (χ0n) is 9.89. The van der Waals surface area contributed by atoms with Crippen molar-refractivity contribution in [2.75, 3.05) is 18.4 Å². The molecular formula is C12H22BrNO. The van der Waals surface area contributed by atoms with E-state index in [0.29, 0.717) is 11.3 Å². The molecule has 1 fully saturated rings. The van der Waals surface area contributed by atoms with Crippen LogP contribution in [0.4, 0.5) is 0 Å². The number of nitrogens with zero attached hydrogens (tertiary/aromatic N) is 1. The average Bonchev–Trinajstić information content (AvgIpc) is 2.16. The van der Waals surface area contributed by atoms with Gasteiger partial charge in [-0.1, -0.05) is 29.8 Å². The van der Waals surface area contributed by atoms with Gasteiger partial charge in [0, 0.05) is 24.8 Å². The predicted molar refractivity (Wildman–Crippen MR) is 67.2 cm³/mol. The Kier molecular flexibility index (Phi) is 5.10. The van der Waals surface area contributed by atoms with Crippen LogP contribution in [0.25, 0.3) is 0 Å². The van der Waals surface area contributed by atoms with Crippen LogP contribution in [0.5, 0.6) is 0 Å². The summed E-state index contributed by atoms with van der Waals surface area (Å²) in [7, 11) is 0. The van der Waals surface area contributed by atoms with Crippen molar-refractivity contribution >= 4 is 21.8 Å². The van der Waals surface area contributed by atoms with Gasteiger partial charge in [-0.05, 0) is 31.1 Å². The molecule has 0 spiro atoms. The van der Waals surface area contributed by atoms with Gasteiger partial charge in [0.15, 0.2) is 0 Å². The Morgan fingerprint density at radius 1 is 1.40 bits per heavy atom. The number of hydrogen-bond donors (Lipinski definition) is 0. The molecule has 0 bridgehead atoms. The molecule has 3 heteroatoms. The van der Waals surface area contributed by atoms with E-state index >= 15 is 0 Å². The van der Waals surface area contributed by atoms with E-state index in [4.69, 9.17) is 0 Å². The van der Waals surface area contributed by atoms with Crippen molar-refractivity contribution in [1.29, 1.82) is 0 Å². The molecule has 0 saturated carbocycles. The van der Waals surface area contributed by atoms with E-state index < -0.39 is 0 Å². The number of halogens is 1. The zero-order chi connectivity index (χ0) is 11.3. The Morgan fingerprint density at radius 2 is 2.13 bits per heavy atom. The third-order valence-electron chi connectivity index (χ3n) is 3.03. The SMILES string of the molecule is CC1(C)CCCN(C(=O)CCCCBr)C1. The van der Waals surface area contributed by atoms with Gasteiger partial charge < -0.3 is 4.90 Å². The van der Waals surface area contributed by atoms with Gasteiger partial charge in [0.1, 0.15) is 0 Å². The summed E-state index contributed by atoms with van der Waals surface area (Å²) in [6, 6.07) is 0. The van der Waals surface area contributed by atoms with E-state index in [1.54, 1.807) is 0 Å². The van der Waals surface area contributed by atoms with Crippen molar-refractivity contribution in [2.24, 2.45) is 5.41 Å². The smallest absolute Gasteiger partial charge is 0.222 e. The van der Waals surface area contributed by atoms with E-state index in [9.17, 15) is 4.79 Å². The Bertz CT molecular complexity index is 216. The highest BCUT2D eigenvalue weighted by Gasteiger charge is 2.28. The minimum atomic E-state index is 0.323. The predicted octanol–water partition coefficient (Wildman–Crippen LogP) is 3.20. The summed E-state index contributed by atoms with van der Waals surface area (Å²) in [6.07, 6.45) is 5.25. The fourth-order valence-corrected chi connectivity index (χ4v) is 2.56. The molecule has 0 N–H and O–H groups in total. The monoisotopic (exact) mass is 275 g/mol. The quantitative estimate of drug-likeness (QED) is 0.570. The first kappa shape index (κ1) is 13.0. The maximum absolute atomic E-state index is 11.9. The number of amides is 1. The highest BCUT2D eigenvalue weighted by Crippen LogP contribution is 2.28. The second-order valence-corrected chi connectivity index (χ2v) is 6.02. The summed E-state index contributed by atoms with van der Waals surface area (Å²) < 4.78 is 0. The Morgan fingerprint density at radius 3 is 2.73 bits per heavy atom. The average molecular weight is 276 g/mol. The van der Waals surface area contributed by atoms with Crippen molar-refractivity contribution in [2.45, 2.75) is 46.0 Å². The van der Waals surface area contributed by atoms with Crippen molar-refractivity contribution in [1.82, 2.24) is 4.90 Å². The van der Waals surface area contributed by atoms with E-state index in [0.717, 1.165) is 44.1 Å². The van der Waals surface area contributed by atoms with Crippen LogP contribution in [0.3, 0.4) is 0 Å². The van der Waals surface area contributed by atoms with E-state index in [1.807, 2.05) is 0 Å². The standard InChI is InChI=1S/C12H22BrNO/c1-12(2)7-5-9-14(10-12)11(15)6-3-4-8-13/h3-10H2,1-2H3. The maximum atomic E-state index is 11.9. The van der Waals surface area contributed by atoms with Crippen molar-refractivity contribution < 1.29 is 4.79 Å². The highest BCUT2D eigenvalue weighted by atomic mass is 79.9. The van der Waals surface area contributed by atoms with Gasteiger partial charge in [0.25, 0.3) is 0 Å². The Balaban J connectivity index is 2.32. The summed E-state index contributed by atoms with van der Waals surface area (Å²) in [5, 5.41) is 1.01.